The highest BCUT2D eigenvalue weighted by molar-refractivity contribution is 6.30. The summed E-state index contributed by atoms with van der Waals surface area (Å²) < 4.78 is 2.08. The van der Waals surface area contributed by atoms with Gasteiger partial charge in [0.2, 0.25) is 0 Å². The molecule has 0 unspecified atom stereocenters. The van der Waals surface area contributed by atoms with E-state index >= 15 is 0 Å². The quantitative estimate of drug-likeness (QED) is 0.868. The molecule has 0 bridgehead atoms. The first-order valence-corrected chi connectivity index (χ1v) is 8.11. The molecule has 1 aliphatic carbocycles. The van der Waals surface area contributed by atoms with E-state index < -0.39 is 0 Å². The maximum Gasteiger partial charge on any atom is 0.0571 e. The van der Waals surface area contributed by atoms with Gasteiger partial charge >= 0.3 is 0 Å². The number of aryl methyl sites for hydroxylation is 1. The van der Waals surface area contributed by atoms with Gasteiger partial charge in [0.25, 0.3) is 0 Å². The number of nitrogens with zero attached hydrogens (tertiary/aromatic N) is 2. The van der Waals surface area contributed by atoms with E-state index in [1.807, 2.05) is 12.3 Å². The van der Waals surface area contributed by atoms with Crippen LogP contribution in [0.15, 0.2) is 24.4 Å². The van der Waals surface area contributed by atoms with Gasteiger partial charge in [-0.1, -0.05) is 24.6 Å². The SMILES string of the molecule is CCCn1ncc(-c2cc(Cl)ccc2CNC2CC2)c1C. The predicted molar refractivity (Wildman–Crippen MR) is 87.6 cm³/mol. The molecule has 21 heavy (non-hydrogen) atoms. The molecule has 0 radical (unpaired) electrons. The number of hydrogen-bond donors (Lipinski definition) is 1. The summed E-state index contributed by atoms with van der Waals surface area (Å²) in [6.45, 7) is 6.17. The van der Waals surface area contributed by atoms with Crippen molar-refractivity contribution in [3.63, 3.8) is 0 Å². The van der Waals surface area contributed by atoms with Crippen LogP contribution in [0.25, 0.3) is 11.1 Å². The molecule has 1 aromatic heterocycles. The molecule has 1 fully saturated rings. The zero-order valence-electron chi connectivity index (χ0n) is 12.7. The molecule has 3 nitrogen and oxygen atoms in total. The van der Waals surface area contributed by atoms with Gasteiger partial charge in [-0.05, 0) is 49.4 Å². The Labute approximate surface area is 131 Å². The van der Waals surface area contributed by atoms with Crippen molar-refractivity contribution in [2.24, 2.45) is 0 Å². The van der Waals surface area contributed by atoms with Crippen molar-refractivity contribution in [2.75, 3.05) is 0 Å². The highest BCUT2D eigenvalue weighted by Gasteiger charge is 2.21. The maximum absolute atomic E-state index is 6.21. The molecule has 3 rings (SSSR count). The Bertz CT molecular complexity index is 629. The minimum Gasteiger partial charge on any atom is -0.310 e. The van der Waals surface area contributed by atoms with Crippen LogP contribution in [-0.2, 0) is 13.1 Å². The molecule has 1 heterocycles. The minimum atomic E-state index is 0.706. The summed E-state index contributed by atoms with van der Waals surface area (Å²) in [6.07, 6.45) is 5.66. The third kappa shape index (κ3) is 3.30. The fourth-order valence-corrected chi connectivity index (χ4v) is 2.82. The lowest BCUT2D eigenvalue weighted by atomic mass is 10.00. The summed E-state index contributed by atoms with van der Waals surface area (Å²) in [5, 5.41) is 8.88. The molecule has 2 aromatic rings. The fourth-order valence-electron chi connectivity index (χ4n) is 2.64. The molecule has 1 N–H and O–H groups in total. The van der Waals surface area contributed by atoms with Crippen LogP contribution >= 0.6 is 11.6 Å². The van der Waals surface area contributed by atoms with Crippen LogP contribution < -0.4 is 5.32 Å². The number of halogens is 1. The highest BCUT2D eigenvalue weighted by atomic mass is 35.5. The number of nitrogens with one attached hydrogen (secondary N) is 1. The second-order valence-corrected chi connectivity index (χ2v) is 6.26. The molecule has 0 aliphatic heterocycles. The largest absolute Gasteiger partial charge is 0.310 e. The minimum absolute atomic E-state index is 0.706. The molecule has 1 saturated carbocycles. The summed E-state index contributed by atoms with van der Waals surface area (Å²) in [6, 6.07) is 6.87. The van der Waals surface area contributed by atoms with E-state index in [9.17, 15) is 0 Å². The molecule has 112 valence electrons. The van der Waals surface area contributed by atoms with Gasteiger partial charge < -0.3 is 5.32 Å². The van der Waals surface area contributed by atoms with Gasteiger partial charge in [-0.2, -0.15) is 5.10 Å². The maximum atomic E-state index is 6.21. The van der Waals surface area contributed by atoms with Crippen LogP contribution in [0.3, 0.4) is 0 Å². The van der Waals surface area contributed by atoms with Crippen molar-refractivity contribution in [3.8, 4) is 11.1 Å². The third-order valence-electron chi connectivity index (χ3n) is 4.06. The van der Waals surface area contributed by atoms with Gasteiger partial charge in [0.1, 0.15) is 0 Å². The normalized spacial score (nSPS) is 14.6. The summed E-state index contributed by atoms with van der Waals surface area (Å²) in [4.78, 5) is 0. The van der Waals surface area contributed by atoms with Crippen molar-refractivity contribution in [3.05, 3.63) is 40.7 Å². The average molecular weight is 304 g/mol. The van der Waals surface area contributed by atoms with Crippen LogP contribution in [0, 0.1) is 6.92 Å². The highest BCUT2D eigenvalue weighted by Crippen LogP contribution is 2.30. The van der Waals surface area contributed by atoms with Crippen molar-refractivity contribution in [1.29, 1.82) is 0 Å². The van der Waals surface area contributed by atoms with E-state index in [1.165, 1.54) is 35.2 Å². The summed E-state index contributed by atoms with van der Waals surface area (Å²) in [7, 11) is 0. The molecule has 0 amide bonds. The van der Waals surface area contributed by atoms with E-state index in [0.29, 0.717) is 6.04 Å². The van der Waals surface area contributed by atoms with Crippen molar-refractivity contribution in [1.82, 2.24) is 15.1 Å². The van der Waals surface area contributed by atoms with Crippen LogP contribution in [0.1, 0.15) is 37.4 Å². The lowest BCUT2D eigenvalue weighted by molar-refractivity contribution is 0.587. The second kappa shape index (κ2) is 6.20. The zero-order chi connectivity index (χ0) is 14.8. The fraction of sp³-hybridized carbons (Fsp3) is 0.471. The number of benzene rings is 1. The van der Waals surface area contributed by atoms with Crippen LogP contribution in [-0.4, -0.2) is 15.8 Å². The number of rotatable bonds is 6. The van der Waals surface area contributed by atoms with Gasteiger partial charge in [0.15, 0.2) is 0 Å². The lowest BCUT2D eigenvalue weighted by Crippen LogP contribution is -2.15. The first kappa shape index (κ1) is 14.6. The van der Waals surface area contributed by atoms with Crippen LogP contribution in [0.2, 0.25) is 5.02 Å². The molecule has 1 aromatic carbocycles. The molecular formula is C17H22ClN3. The Balaban J connectivity index is 1.93. The standard InChI is InChI=1S/C17H22ClN3/c1-3-8-21-12(2)17(11-20-21)16-9-14(18)5-4-13(16)10-19-15-6-7-15/h4-5,9,11,15,19H,3,6-8,10H2,1-2H3. The Morgan fingerprint density at radius 3 is 2.86 bits per heavy atom. The molecule has 4 heteroatoms. The van der Waals surface area contributed by atoms with Gasteiger partial charge in [-0.3, -0.25) is 4.68 Å². The summed E-state index contributed by atoms with van der Waals surface area (Å²) in [5.41, 5.74) is 4.91. The first-order chi connectivity index (χ1) is 10.2. The third-order valence-corrected chi connectivity index (χ3v) is 4.29. The van der Waals surface area contributed by atoms with Crippen LogP contribution in [0.5, 0.6) is 0 Å². The molecule has 1 aliphatic rings. The summed E-state index contributed by atoms with van der Waals surface area (Å²) >= 11 is 6.21. The molecule has 0 spiro atoms. The van der Waals surface area contributed by atoms with E-state index in [4.69, 9.17) is 11.6 Å². The monoisotopic (exact) mass is 303 g/mol. The molecule has 0 atom stereocenters. The zero-order valence-corrected chi connectivity index (χ0v) is 13.5. The predicted octanol–water partition coefficient (Wildman–Crippen LogP) is 4.17. The van der Waals surface area contributed by atoms with E-state index in [2.05, 4.69) is 41.1 Å². The van der Waals surface area contributed by atoms with Crippen LogP contribution in [0.4, 0.5) is 0 Å². The summed E-state index contributed by atoms with van der Waals surface area (Å²) in [5.74, 6) is 0. The van der Waals surface area contributed by atoms with Crippen molar-refractivity contribution in [2.45, 2.75) is 52.2 Å². The molecule has 0 saturated heterocycles. The Hall–Kier alpha value is -1.32. The Kier molecular flexibility index (Phi) is 4.32. The lowest BCUT2D eigenvalue weighted by Gasteiger charge is -2.11. The van der Waals surface area contributed by atoms with E-state index in [0.717, 1.165) is 24.5 Å². The van der Waals surface area contributed by atoms with Gasteiger partial charge in [-0.15, -0.1) is 0 Å². The number of aromatic nitrogens is 2. The average Bonchev–Trinajstić information content (AvgIpc) is 3.23. The number of hydrogen-bond acceptors (Lipinski definition) is 2. The van der Waals surface area contributed by atoms with Crippen molar-refractivity contribution < 1.29 is 0 Å². The second-order valence-electron chi connectivity index (χ2n) is 5.82. The first-order valence-electron chi connectivity index (χ1n) is 7.73. The van der Waals surface area contributed by atoms with E-state index in [-0.39, 0.29) is 0 Å². The molecular weight excluding hydrogens is 282 g/mol. The van der Waals surface area contributed by atoms with Crippen molar-refractivity contribution >= 4 is 11.6 Å². The van der Waals surface area contributed by atoms with Gasteiger partial charge in [0, 0.05) is 35.4 Å². The van der Waals surface area contributed by atoms with Gasteiger partial charge in [-0.25, -0.2) is 0 Å². The smallest absolute Gasteiger partial charge is 0.0571 e. The van der Waals surface area contributed by atoms with E-state index in [1.54, 1.807) is 0 Å². The Morgan fingerprint density at radius 1 is 1.33 bits per heavy atom. The Morgan fingerprint density at radius 2 is 2.14 bits per heavy atom. The van der Waals surface area contributed by atoms with Gasteiger partial charge in [0.05, 0.1) is 6.20 Å². The topological polar surface area (TPSA) is 29.9 Å².